The summed E-state index contributed by atoms with van der Waals surface area (Å²) in [5, 5.41) is 2.67. The van der Waals surface area contributed by atoms with E-state index >= 15 is 0 Å². The average Bonchev–Trinajstić information content (AvgIpc) is 2.78. The van der Waals surface area contributed by atoms with E-state index in [1.165, 1.54) is 49.8 Å². The molecule has 1 aromatic heterocycles. The van der Waals surface area contributed by atoms with Crippen LogP contribution in [0.2, 0.25) is 0 Å². The molecule has 2 N–H and O–H groups in total. The van der Waals surface area contributed by atoms with Gasteiger partial charge in [-0.05, 0) is 48.5 Å². The molecule has 1 amide bonds. The smallest absolute Gasteiger partial charge is 0.264 e. The maximum Gasteiger partial charge on any atom is 0.264 e. The highest BCUT2D eigenvalue weighted by Crippen LogP contribution is 2.25. The SMILES string of the molecule is COc1ccc(/C=C/C(=O)Nc2ccc(S(=O)(=O)Nc3ncccn3)cc2)c(OC)c1. The molecule has 0 atom stereocenters. The van der Waals surface area contributed by atoms with Crippen LogP contribution < -0.4 is 19.5 Å². The Labute approximate surface area is 179 Å². The molecule has 9 nitrogen and oxygen atoms in total. The van der Waals surface area contributed by atoms with Crippen molar-refractivity contribution in [2.24, 2.45) is 0 Å². The van der Waals surface area contributed by atoms with Crippen LogP contribution in [0.15, 0.2) is 71.9 Å². The van der Waals surface area contributed by atoms with Gasteiger partial charge in [-0.25, -0.2) is 23.1 Å². The van der Waals surface area contributed by atoms with E-state index in [9.17, 15) is 13.2 Å². The highest BCUT2D eigenvalue weighted by atomic mass is 32.2. The van der Waals surface area contributed by atoms with Crippen molar-refractivity contribution in [3.63, 3.8) is 0 Å². The lowest BCUT2D eigenvalue weighted by Gasteiger charge is -2.08. The van der Waals surface area contributed by atoms with E-state index in [0.29, 0.717) is 22.7 Å². The molecule has 10 heteroatoms. The third kappa shape index (κ3) is 5.80. The van der Waals surface area contributed by atoms with Gasteiger partial charge >= 0.3 is 0 Å². The van der Waals surface area contributed by atoms with Gasteiger partial charge < -0.3 is 14.8 Å². The molecule has 0 aliphatic heterocycles. The molecule has 1 heterocycles. The van der Waals surface area contributed by atoms with E-state index in [1.54, 1.807) is 37.5 Å². The number of anilines is 2. The van der Waals surface area contributed by atoms with E-state index in [1.807, 2.05) is 0 Å². The predicted molar refractivity (Wildman–Crippen MR) is 116 cm³/mol. The summed E-state index contributed by atoms with van der Waals surface area (Å²) < 4.78 is 37.5. The van der Waals surface area contributed by atoms with Gasteiger partial charge in [0.15, 0.2) is 0 Å². The van der Waals surface area contributed by atoms with Crippen LogP contribution >= 0.6 is 0 Å². The minimum atomic E-state index is -3.84. The molecule has 0 unspecified atom stereocenters. The van der Waals surface area contributed by atoms with E-state index in [4.69, 9.17) is 9.47 Å². The molecule has 0 radical (unpaired) electrons. The average molecular weight is 440 g/mol. The quantitative estimate of drug-likeness (QED) is 0.517. The number of hydrogen-bond donors (Lipinski definition) is 2. The van der Waals surface area contributed by atoms with Gasteiger partial charge in [0.1, 0.15) is 11.5 Å². The molecule has 2 aromatic carbocycles. The number of nitrogens with zero attached hydrogens (tertiary/aromatic N) is 2. The molecule has 0 saturated carbocycles. The summed E-state index contributed by atoms with van der Waals surface area (Å²) in [6.07, 6.45) is 5.82. The van der Waals surface area contributed by atoms with Gasteiger partial charge in [0.25, 0.3) is 10.0 Å². The van der Waals surface area contributed by atoms with Crippen molar-refractivity contribution in [1.82, 2.24) is 9.97 Å². The fourth-order valence-electron chi connectivity index (χ4n) is 2.55. The zero-order valence-corrected chi connectivity index (χ0v) is 17.6. The maximum absolute atomic E-state index is 12.4. The summed E-state index contributed by atoms with van der Waals surface area (Å²) in [5.41, 5.74) is 1.14. The third-order valence-corrected chi connectivity index (χ3v) is 5.42. The van der Waals surface area contributed by atoms with Crippen LogP contribution in [-0.4, -0.2) is 38.5 Å². The first-order valence-electron chi connectivity index (χ1n) is 9.02. The third-order valence-electron chi connectivity index (χ3n) is 4.08. The number of methoxy groups -OCH3 is 2. The van der Waals surface area contributed by atoms with Crippen LogP contribution in [0.25, 0.3) is 6.08 Å². The molecule has 31 heavy (non-hydrogen) atoms. The molecule has 0 saturated heterocycles. The topological polar surface area (TPSA) is 120 Å². The Balaban J connectivity index is 1.66. The second-order valence-electron chi connectivity index (χ2n) is 6.13. The van der Waals surface area contributed by atoms with Crippen molar-refractivity contribution >= 4 is 33.6 Å². The zero-order valence-electron chi connectivity index (χ0n) is 16.8. The molecule has 0 fully saturated rings. The second kappa shape index (κ2) is 9.72. The number of nitrogens with one attached hydrogen (secondary N) is 2. The van der Waals surface area contributed by atoms with Crippen LogP contribution in [0, 0.1) is 0 Å². The van der Waals surface area contributed by atoms with Gasteiger partial charge in [-0.1, -0.05) is 0 Å². The molecular weight excluding hydrogens is 420 g/mol. The van der Waals surface area contributed by atoms with Gasteiger partial charge in [0.05, 0.1) is 19.1 Å². The van der Waals surface area contributed by atoms with Crippen molar-refractivity contribution < 1.29 is 22.7 Å². The van der Waals surface area contributed by atoms with Crippen LogP contribution in [0.1, 0.15) is 5.56 Å². The zero-order chi connectivity index (χ0) is 22.3. The number of carbonyl (C=O) groups excluding carboxylic acids is 1. The van der Waals surface area contributed by atoms with E-state index in [0.717, 1.165) is 0 Å². The molecule has 0 aliphatic rings. The normalized spacial score (nSPS) is 11.2. The number of ether oxygens (including phenoxy) is 2. The Morgan fingerprint density at radius 1 is 1.00 bits per heavy atom. The van der Waals surface area contributed by atoms with E-state index in [2.05, 4.69) is 20.0 Å². The number of carbonyl (C=O) groups is 1. The Hall–Kier alpha value is -3.92. The van der Waals surface area contributed by atoms with Gasteiger partial charge in [0.2, 0.25) is 11.9 Å². The highest BCUT2D eigenvalue weighted by Gasteiger charge is 2.15. The molecule has 160 valence electrons. The highest BCUT2D eigenvalue weighted by molar-refractivity contribution is 7.92. The lowest BCUT2D eigenvalue weighted by atomic mass is 10.1. The Morgan fingerprint density at radius 2 is 1.71 bits per heavy atom. The maximum atomic E-state index is 12.4. The summed E-state index contributed by atoms with van der Waals surface area (Å²) in [4.78, 5) is 19.9. The van der Waals surface area contributed by atoms with Crippen molar-refractivity contribution in [3.8, 4) is 11.5 Å². The summed E-state index contributed by atoms with van der Waals surface area (Å²) in [6, 6.07) is 12.5. The molecule has 0 aliphatic carbocycles. The lowest BCUT2D eigenvalue weighted by molar-refractivity contribution is -0.111. The molecule has 3 aromatic rings. The lowest BCUT2D eigenvalue weighted by Crippen LogP contribution is -2.15. The number of aromatic nitrogens is 2. The van der Waals surface area contributed by atoms with Gasteiger partial charge in [-0.3, -0.25) is 4.79 Å². The largest absolute Gasteiger partial charge is 0.497 e. The summed E-state index contributed by atoms with van der Waals surface area (Å²) in [5.74, 6) is 0.790. The first-order valence-corrected chi connectivity index (χ1v) is 10.5. The van der Waals surface area contributed by atoms with Crippen LogP contribution in [0.4, 0.5) is 11.6 Å². The summed E-state index contributed by atoms with van der Waals surface area (Å²) >= 11 is 0. The first-order chi connectivity index (χ1) is 14.9. The van der Waals surface area contributed by atoms with Crippen LogP contribution in [0.5, 0.6) is 11.5 Å². The van der Waals surface area contributed by atoms with Crippen LogP contribution in [-0.2, 0) is 14.8 Å². The molecular formula is C21H20N4O5S. The van der Waals surface area contributed by atoms with Crippen LogP contribution in [0.3, 0.4) is 0 Å². The number of rotatable bonds is 8. The van der Waals surface area contributed by atoms with Crippen molar-refractivity contribution in [1.29, 1.82) is 0 Å². The van der Waals surface area contributed by atoms with Crippen molar-refractivity contribution in [2.75, 3.05) is 24.3 Å². The van der Waals surface area contributed by atoms with E-state index < -0.39 is 10.0 Å². The summed E-state index contributed by atoms with van der Waals surface area (Å²) in [7, 11) is -0.760. The molecule has 0 bridgehead atoms. The number of sulfonamides is 1. The Bertz CT molecular complexity index is 1180. The number of amides is 1. The number of benzene rings is 2. The Kier molecular flexibility index (Phi) is 6.83. The minimum absolute atomic E-state index is 0.0106. The van der Waals surface area contributed by atoms with Gasteiger partial charge in [-0.15, -0.1) is 0 Å². The second-order valence-corrected chi connectivity index (χ2v) is 7.82. The number of hydrogen-bond acceptors (Lipinski definition) is 7. The van der Waals surface area contributed by atoms with E-state index in [-0.39, 0.29) is 16.8 Å². The molecule has 0 spiro atoms. The predicted octanol–water partition coefficient (Wildman–Crippen LogP) is 2.95. The van der Waals surface area contributed by atoms with Gasteiger partial charge in [0, 0.05) is 35.8 Å². The molecule has 3 rings (SSSR count). The minimum Gasteiger partial charge on any atom is -0.497 e. The standard InChI is InChI=1S/C21H20N4O5S/c1-29-17-8-4-15(19(14-17)30-2)5-11-20(26)24-16-6-9-18(10-7-16)31(27,28)25-21-22-12-3-13-23-21/h3-14H,1-2H3,(H,24,26)(H,22,23,25)/b11-5+. The Morgan fingerprint density at radius 3 is 2.35 bits per heavy atom. The fraction of sp³-hybridized carbons (Fsp3) is 0.0952. The first kappa shape index (κ1) is 21.8. The van der Waals surface area contributed by atoms with Crippen molar-refractivity contribution in [2.45, 2.75) is 4.90 Å². The summed E-state index contributed by atoms with van der Waals surface area (Å²) in [6.45, 7) is 0. The van der Waals surface area contributed by atoms with Crippen molar-refractivity contribution in [3.05, 3.63) is 72.6 Å². The monoisotopic (exact) mass is 440 g/mol. The van der Waals surface area contributed by atoms with Gasteiger partial charge in [-0.2, -0.15) is 0 Å². The fourth-order valence-corrected chi connectivity index (χ4v) is 3.51.